The van der Waals surface area contributed by atoms with Gasteiger partial charge < -0.3 is 10.5 Å². The van der Waals surface area contributed by atoms with Crippen molar-refractivity contribution in [3.8, 4) is 0 Å². The monoisotopic (exact) mass is 391 g/mol. The van der Waals surface area contributed by atoms with Crippen LogP contribution in [0.1, 0.15) is 19.3 Å². The predicted molar refractivity (Wildman–Crippen MR) is 89.4 cm³/mol. The van der Waals surface area contributed by atoms with E-state index in [0.717, 1.165) is 22.4 Å². The standard InChI is InChI=1S/C14H18BrNO3S2/c15-10-1-2-13(12(16)7-10)21(17,18)11-3-5-19-14(8-11)4-6-20-9-14/h1-2,7,11H,3-6,8-9,16H2. The van der Waals surface area contributed by atoms with Gasteiger partial charge in [0.1, 0.15) is 0 Å². The van der Waals surface area contributed by atoms with Gasteiger partial charge in [0.05, 0.1) is 21.4 Å². The Labute approximate surface area is 137 Å². The lowest BCUT2D eigenvalue weighted by atomic mass is 9.93. The Balaban J connectivity index is 1.90. The fourth-order valence-electron chi connectivity index (χ4n) is 3.07. The van der Waals surface area contributed by atoms with Crippen molar-refractivity contribution >= 4 is 43.2 Å². The van der Waals surface area contributed by atoms with E-state index in [0.29, 0.717) is 25.1 Å². The summed E-state index contributed by atoms with van der Waals surface area (Å²) in [6.07, 6.45) is 2.07. The number of ether oxygens (including phenoxy) is 1. The minimum Gasteiger partial charge on any atom is -0.398 e. The largest absolute Gasteiger partial charge is 0.398 e. The van der Waals surface area contributed by atoms with E-state index in [1.165, 1.54) is 0 Å². The van der Waals surface area contributed by atoms with Gasteiger partial charge in [0.15, 0.2) is 9.84 Å². The van der Waals surface area contributed by atoms with Crippen LogP contribution in [0, 0.1) is 0 Å². The molecule has 0 aromatic heterocycles. The van der Waals surface area contributed by atoms with Crippen LogP contribution in [0.5, 0.6) is 0 Å². The molecule has 116 valence electrons. The van der Waals surface area contributed by atoms with E-state index >= 15 is 0 Å². The van der Waals surface area contributed by atoms with Crippen molar-refractivity contribution < 1.29 is 13.2 Å². The van der Waals surface area contributed by atoms with Crippen molar-refractivity contribution in [3.05, 3.63) is 22.7 Å². The molecule has 0 saturated carbocycles. The van der Waals surface area contributed by atoms with Crippen LogP contribution >= 0.6 is 27.7 Å². The van der Waals surface area contributed by atoms with E-state index in [9.17, 15) is 8.42 Å². The number of thioether (sulfide) groups is 1. The third-order valence-electron chi connectivity index (χ3n) is 4.23. The fourth-order valence-corrected chi connectivity index (χ4v) is 6.76. The quantitative estimate of drug-likeness (QED) is 0.784. The Morgan fingerprint density at radius 1 is 1.43 bits per heavy atom. The Kier molecular flexibility index (Phi) is 4.29. The van der Waals surface area contributed by atoms with Gasteiger partial charge in [0.25, 0.3) is 0 Å². The van der Waals surface area contributed by atoms with E-state index in [1.807, 2.05) is 11.8 Å². The molecule has 1 spiro atoms. The number of halogens is 1. The molecule has 0 bridgehead atoms. The van der Waals surface area contributed by atoms with Crippen molar-refractivity contribution in [1.29, 1.82) is 0 Å². The van der Waals surface area contributed by atoms with Crippen LogP contribution in [0.3, 0.4) is 0 Å². The molecule has 0 radical (unpaired) electrons. The number of hydrogen-bond donors (Lipinski definition) is 1. The lowest BCUT2D eigenvalue weighted by Gasteiger charge is -2.37. The van der Waals surface area contributed by atoms with E-state index in [2.05, 4.69) is 15.9 Å². The molecular formula is C14H18BrNO3S2. The number of rotatable bonds is 2. The molecule has 2 aliphatic rings. The van der Waals surface area contributed by atoms with Crippen LogP contribution in [-0.2, 0) is 14.6 Å². The zero-order chi connectivity index (χ0) is 15.1. The molecule has 4 nitrogen and oxygen atoms in total. The topological polar surface area (TPSA) is 69.4 Å². The van der Waals surface area contributed by atoms with E-state index in [1.54, 1.807) is 18.2 Å². The summed E-state index contributed by atoms with van der Waals surface area (Å²) in [5.41, 5.74) is 5.98. The normalized spacial score (nSPS) is 29.9. The second-order valence-electron chi connectivity index (χ2n) is 5.68. The average Bonchev–Trinajstić information content (AvgIpc) is 2.86. The van der Waals surface area contributed by atoms with Gasteiger partial charge >= 0.3 is 0 Å². The molecule has 2 unspecified atom stereocenters. The van der Waals surface area contributed by atoms with Crippen molar-refractivity contribution in [3.63, 3.8) is 0 Å². The smallest absolute Gasteiger partial charge is 0.183 e. The molecule has 2 heterocycles. The summed E-state index contributed by atoms with van der Waals surface area (Å²) >= 11 is 5.15. The lowest BCUT2D eigenvalue weighted by Crippen LogP contribution is -2.44. The maximum absolute atomic E-state index is 12.9. The summed E-state index contributed by atoms with van der Waals surface area (Å²) in [6, 6.07) is 4.97. The second-order valence-corrected chi connectivity index (χ2v) is 9.89. The molecule has 2 atom stereocenters. The van der Waals surface area contributed by atoms with Gasteiger partial charge in [-0.15, -0.1) is 0 Å². The molecule has 1 aromatic carbocycles. The molecule has 2 N–H and O–H groups in total. The third-order valence-corrected chi connectivity index (χ3v) is 8.21. The van der Waals surface area contributed by atoms with Gasteiger partial charge in [0.2, 0.25) is 0 Å². The summed E-state index contributed by atoms with van der Waals surface area (Å²) in [5.74, 6) is 1.95. The molecule has 2 saturated heterocycles. The molecule has 3 rings (SSSR count). The number of hydrogen-bond acceptors (Lipinski definition) is 5. The van der Waals surface area contributed by atoms with Gasteiger partial charge in [-0.25, -0.2) is 8.42 Å². The highest BCUT2D eigenvalue weighted by molar-refractivity contribution is 9.10. The van der Waals surface area contributed by atoms with Crippen LogP contribution in [0.2, 0.25) is 0 Å². The first-order chi connectivity index (χ1) is 9.93. The predicted octanol–water partition coefficient (Wildman–Crippen LogP) is 2.86. The molecular weight excluding hydrogens is 374 g/mol. The maximum Gasteiger partial charge on any atom is 0.183 e. The van der Waals surface area contributed by atoms with Crippen molar-refractivity contribution in [1.82, 2.24) is 0 Å². The van der Waals surface area contributed by atoms with Gasteiger partial charge in [-0.3, -0.25) is 0 Å². The number of anilines is 1. The van der Waals surface area contributed by atoms with Crippen LogP contribution < -0.4 is 5.73 Å². The summed E-state index contributed by atoms with van der Waals surface area (Å²) < 4.78 is 32.5. The van der Waals surface area contributed by atoms with Crippen molar-refractivity contribution in [2.75, 3.05) is 23.8 Å². The van der Waals surface area contributed by atoms with Crippen molar-refractivity contribution in [2.45, 2.75) is 35.0 Å². The highest BCUT2D eigenvalue weighted by Gasteiger charge is 2.45. The number of nitrogens with two attached hydrogens (primary N) is 1. The first-order valence-corrected chi connectivity index (χ1v) is 10.4. The van der Waals surface area contributed by atoms with Crippen LogP contribution in [0.25, 0.3) is 0 Å². The first-order valence-electron chi connectivity index (χ1n) is 6.94. The summed E-state index contributed by atoms with van der Waals surface area (Å²) in [7, 11) is -3.41. The molecule has 2 fully saturated rings. The molecule has 0 aliphatic carbocycles. The van der Waals surface area contributed by atoms with Crippen molar-refractivity contribution in [2.24, 2.45) is 0 Å². The van der Waals surface area contributed by atoms with Gasteiger partial charge in [-0.2, -0.15) is 11.8 Å². The minimum absolute atomic E-state index is 0.245. The Morgan fingerprint density at radius 2 is 2.24 bits per heavy atom. The fraction of sp³-hybridized carbons (Fsp3) is 0.571. The van der Waals surface area contributed by atoms with E-state index < -0.39 is 15.1 Å². The van der Waals surface area contributed by atoms with E-state index in [4.69, 9.17) is 10.5 Å². The lowest BCUT2D eigenvalue weighted by molar-refractivity contribution is -0.0572. The van der Waals surface area contributed by atoms with Gasteiger partial charge in [-0.1, -0.05) is 15.9 Å². The van der Waals surface area contributed by atoms with Crippen LogP contribution in [0.15, 0.2) is 27.6 Å². The van der Waals surface area contributed by atoms with E-state index in [-0.39, 0.29) is 10.5 Å². The number of nitrogen functional groups attached to an aromatic ring is 1. The Bertz CT molecular complexity index is 642. The highest BCUT2D eigenvalue weighted by Crippen LogP contribution is 2.41. The summed E-state index contributed by atoms with van der Waals surface area (Å²) in [6.45, 7) is 0.515. The molecule has 2 aliphatic heterocycles. The Hall–Kier alpha value is -0.240. The highest BCUT2D eigenvalue weighted by atomic mass is 79.9. The molecule has 1 aromatic rings. The molecule has 0 amide bonds. The van der Waals surface area contributed by atoms with Gasteiger partial charge in [0, 0.05) is 16.8 Å². The first kappa shape index (κ1) is 15.6. The summed E-state index contributed by atoms with van der Waals surface area (Å²) in [5, 5.41) is -0.395. The zero-order valence-corrected chi connectivity index (χ0v) is 14.8. The maximum atomic E-state index is 12.9. The third kappa shape index (κ3) is 2.98. The molecule has 21 heavy (non-hydrogen) atoms. The zero-order valence-electron chi connectivity index (χ0n) is 11.5. The number of sulfone groups is 1. The average molecular weight is 392 g/mol. The summed E-state index contributed by atoms with van der Waals surface area (Å²) in [4.78, 5) is 0.249. The molecule has 7 heteroatoms. The second kappa shape index (κ2) is 5.76. The minimum atomic E-state index is -3.41. The SMILES string of the molecule is Nc1cc(Br)ccc1S(=O)(=O)C1CCOC2(CCSC2)C1. The van der Waals surface area contributed by atoms with Crippen LogP contribution in [-0.4, -0.2) is 37.4 Å². The van der Waals surface area contributed by atoms with Crippen LogP contribution in [0.4, 0.5) is 5.69 Å². The van der Waals surface area contributed by atoms with Gasteiger partial charge in [-0.05, 0) is 43.2 Å². The Morgan fingerprint density at radius 3 is 2.90 bits per heavy atom. The number of benzene rings is 1.